The van der Waals surface area contributed by atoms with E-state index in [1.54, 1.807) is 36.4 Å². The van der Waals surface area contributed by atoms with Gasteiger partial charge in [-0.3, -0.25) is 13.9 Å². The van der Waals surface area contributed by atoms with Gasteiger partial charge in [0.25, 0.3) is 10.0 Å². The smallest absolute Gasteiger partial charge is 0.264 e. The molecule has 0 aliphatic rings. The van der Waals surface area contributed by atoms with Crippen molar-refractivity contribution in [1.29, 1.82) is 0 Å². The van der Waals surface area contributed by atoms with E-state index in [1.807, 2.05) is 93.8 Å². The van der Waals surface area contributed by atoms with E-state index in [4.69, 9.17) is 0 Å². The fraction of sp³-hybridized carbons (Fsp3) is 0.278. The van der Waals surface area contributed by atoms with Crippen molar-refractivity contribution in [3.63, 3.8) is 0 Å². The summed E-state index contributed by atoms with van der Waals surface area (Å²) in [6.45, 7) is 5.43. The second kappa shape index (κ2) is 16.3. The first kappa shape index (κ1) is 35.3. The number of hydrogen-bond donors (Lipinski definition) is 1. The molecule has 0 radical (unpaired) electrons. The van der Waals surface area contributed by atoms with Gasteiger partial charge in [-0.15, -0.1) is 11.8 Å². The van der Waals surface area contributed by atoms with Gasteiger partial charge in [-0.05, 0) is 86.2 Å². The molecular weight excluding hydrogens is 682 g/mol. The van der Waals surface area contributed by atoms with E-state index in [0.29, 0.717) is 5.69 Å². The van der Waals surface area contributed by atoms with Crippen LogP contribution in [0.25, 0.3) is 0 Å². The summed E-state index contributed by atoms with van der Waals surface area (Å²) in [6.07, 6.45) is 2.90. The third-order valence-corrected chi connectivity index (χ3v) is 10.8. The third-order valence-electron chi connectivity index (χ3n) is 7.76. The van der Waals surface area contributed by atoms with Gasteiger partial charge in [0, 0.05) is 28.4 Å². The van der Waals surface area contributed by atoms with Crippen LogP contribution in [0.1, 0.15) is 37.0 Å². The number of sulfonamides is 1. The van der Waals surface area contributed by atoms with Crippen molar-refractivity contribution < 1.29 is 18.0 Å². The van der Waals surface area contributed by atoms with Crippen molar-refractivity contribution in [2.24, 2.45) is 0 Å². The molecule has 242 valence electrons. The molecule has 2 amide bonds. The van der Waals surface area contributed by atoms with Gasteiger partial charge in [0.1, 0.15) is 12.6 Å². The Balaban J connectivity index is 1.80. The van der Waals surface area contributed by atoms with Gasteiger partial charge >= 0.3 is 0 Å². The first-order valence-electron chi connectivity index (χ1n) is 15.1. The quantitative estimate of drug-likeness (QED) is 0.139. The highest BCUT2D eigenvalue weighted by Crippen LogP contribution is 2.27. The maximum atomic E-state index is 14.6. The highest BCUT2D eigenvalue weighted by atomic mass is 79.9. The van der Waals surface area contributed by atoms with Crippen molar-refractivity contribution in [1.82, 2.24) is 10.2 Å². The third kappa shape index (κ3) is 9.24. The highest BCUT2D eigenvalue weighted by molar-refractivity contribution is 9.10. The van der Waals surface area contributed by atoms with Crippen LogP contribution in [0, 0.1) is 6.92 Å². The van der Waals surface area contributed by atoms with Gasteiger partial charge in [-0.2, -0.15) is 0 Å². The van der Waals surface area contributed by atoms with E-state index in [9.17, 15) is 18.0 Å². The van der Waals surface area contributed by atoms with Gasteiger partial charge in [0.2, 0.25) is 11.8 Å². The summed E-state index contributed by atoms with van der Waals surface area (Å²) in [7, 11) is -4.16. The van der Waals surface area contributed by atoms with Crippen molar-refractivity contribution >= 4 is 55.2 Å². The predicted octanol–water partition coefficient (Wildman–Crippen LogP) is 7.23. The lowest BCUT2D eigenvalue weighted by molar-refractivity contribution is -0.140. The normalized spacial score (nSPS) is 12.6. The van der Waals surface area contributed by atoms with Crippen LogP contribution in [0.5, 0.6) is 0 Å². The zero-order valence-electron chi connectivity index (χ0n) is 26.5. The number of benzene rings is 4. The van der Waals surface area contributed by atoms with E-state index in [0.717, 1.165) is 36.8 Å². The van der Waals surface area contributed by atoms with E-state index in [2.05, 4.69) is 21.2 Å². The van der Waals surface area contributed by atoms with Crippen LogP contribution in [-0.2, 0) is 32.6 Å². The molecule has 7 nitrogen and oxygen atoms in total. The summed E-state index contributed by atoms with van der Waals surface area (Å²) >= 11 is 5.03. The number of hydrogen-bond acceptors (Lipinski definition) is 5. The van der Waals surface area contributed by atoms with Crippen molar-refractivity contribution in [2.75, 3.05) is 17.1 Å². The molecule has 2 atom stereocenters. The van der Waals surface area contributed by atoms with Gasteiger partial charge < -0.3 is 10.2 Å². The Bertz CT molecular complexity index is 1720. The Morgan fingerprint density at radius 1 is 0.891 bits per heavy atom. The number of anilines is 1. The molecule has 4 rings (SSSR count). The SMILES string of the molecule is CCC(C)NC(=O)C(Cc1ccccc1)N(Cc1cccc(Br)c1)C(=O)CN(c1ccc(C)cc1)S(=O)(=O)c1ccc(SC)cc1. The lowest BCUT2D eigenvalue weighted by Gasteiger charge is -2.34. The summed E-state index contributed by atoms with van der Waals surface area (Å²) in [6, 6.07) is 29.7. The predicted molar refractivity (Wildman–Crippen MR) is 190 cm³/mol. The fourth-order valence-electron chi connectivity index (χ4n) is 4.94. The van der Waals surface area contributed by atoms with Gasteiger partial charge in [-0.25, -0.2) is 8.42 Å². The summed E-state index contributed by atoms with van der Waals surface area (Å²) in [5.74, 6) is -0.788. The highest BCUT2D eigenvalue weighted by Gasteiger charge is 2.35. The Kier molecular flexibility index (Phi) is 12.5. The molecule has 0 bridgehead atoms. The molecule has 4 aromatic rings. The van der Waals surface area contributed by atoms with E-state index >= 15 is 0 Å². The maximum absolute atomic E-state index is 14.6. The summed E-state index contributed by atoms with van der Waals surface area (Å²) < 4.78 is 30.4. The van der Waals surface area contributed by atoms with Crippen LogP contribution < -0.4 is 9.62 Å². The van der Waals surface area contributed by atoms with Crippen LogP contribution in [-0.4, -0.2) is 50.0 Å². The van der Waals surface area contributed by atoms with Gasteiger partial charge in [0.15, 0.2) is 0 Å². The van der Waals surface area contributed by atoms with E-state index in [-0.39, 0.29) is 29.8 Å². The van der Waals surface area contributed by atoms with Crippen LogP contribution in [0.15, 0.2) is 117 Å². The minimum Gasteiger partial charge on any atom is -0.352 e. The standard InChI is InChI=1S/C36H40BrN3O4S2/c1-5-27(3)38-36(42)34(23-28-10-7-6-8-11-28)39(24-29-12-9-13-30(37)22-29)35(41)25-40(31-16-14-26(2)15-17-31)46(43,44)33-20-18-32(45-4)19-21-33/h6-22,27,34H,5,23-25H2,1-4H3,(H,38,42). The second-order valence-corrected chi connectivity index (χ2v) is 14.9. The van der Waals surface area contributed by atoms with Crippen molar-refractivity contribution in [3.05, 3.63) is 124 Å². The molecule has 1 N–H and O–H groups in total. The van der Waals surface area contributed by atoms with Crippen LogP contribution >= 0.6 is 27.7 Å². The average molecular weight is 723 g/mol. The van der Waals surface area contributed by atoms with Gasteiger partial charge in [0.05, 0.1) is 10.6 Å². The number of nitrogens with one attached hydrogen (secondary N) is 1. The molecular formula is C36H40BrN3O4S2. The Morgan fingerprint density at radius 3 is 2.15 bits per heavy atom. The Morgan fingerprint density at radius 2 is 1.54 bits per heavy atom. The molecule has 0 fully saturated rings. The molecule has 10 heteroatoms. The van der Waals surface area contributed by atoms with Crippen molar-refractivity contribution in [2.45, 2.75) is 62.0 Å². The number of carbonyl (C=O) groups excluding carboxylic acids is 2. The molecule has 0 aliphatic carbocycles. The number of rotatable bonds is 14. The number of halogens is 1. The van der Waals surface area contributed by atoms with Crippen LogP contribution in [0.4, 0.5) is 5.69 Å². The van der Waals surface area contributed by atoms with E-state index in [1.165, 1.54) is 16.7 Å². The number of thioether (sulfide) groups is 1. The minimum atomic E-state index is -4.16. The largest absolute Gasteiger partial charge is 0.352 e. The average Bonchev–Trinajstić information content (AvgIpc) is 3.06. The number of aryl methyl sites for hydroxylation is 1. The zero-order valence-corrected chi connectivity index (χ0v) is 29.7. The molecule has 0 aromatic heterocycles. The minimum absolute atomic E-state index is 0.0764. The fourth-order valence-corrected chi connectivity index (χ4v) is 7.21. The topological polar surface area (TPSA) is 86.8 Å². The Hall–Kier alpha value is -3.60. The molecule has 2 unspecified atom stereocenters. The molecule has 0 heterocycles. The Labute approximate surface area is 285 Å². The molecule has 46 heavy (non-hydrogen) atoms. The van der Waals surface area contributed by atoms with E-state index < -0.39 is 28.5 Å². The number of carbonyl (C=O) groups is 2. The lowest BCUT2D eigenvalue weighted by atomic mass is 10.0. The lowest BCUT2D eigenvalue weighted by Crippen LogP contribution is -2.54. The maximum Gasteiger partial charge on any atom is 0.264 e. The molecule has 4 aromatic carbocycles. The molecule has 0 spiro atoms. The summed E-state index contributed by atoms with van der Waals surface area (Å²) in [5.41, 5.74) is 3.00. The molecule has 0 saturated carbocycles. The first-order chi connectivity index (χ1) is 22.0. The van der Waals surface area contributed by atoms with Gasteiger partial charge in [-0.1, -0.05) is 83.0 Å². The molecule has 0 saturated heterocycles. The second-order valence-electron chi connectivity index (χ2n) is 11.2. The summed E-state index contributed by atoms with van der Waals surface area (Å²) in [5, 5.41) is 3.06. The number of amides is 2. The first-order valence-corrected chi connectivity index (χ1v) is 18.6. The van der Waals surface area contributed by atoms with Crippen LogP contribution in [0.3, 0.4) is 0 Å². The monoisotopic (exact) mass is 721 g/mol. The summed E-state index contributed by atoms with van der Waals surface area (Å²) in [4.78, 5) is 31.0. The van der Waals surface area contributed by atoms with Crippen molar-refractivity contribution in [3.8, 4) is 0 Å². The molecule has 0 aliphatic heterocycles. The zero-order chi connectivity index (χ0) is 33.3. The number of nitrogens with zero attached hydrogens (tertiary/aromatic N) is 2. The van der Waals surface area contributed by atoms with Crippen LogP contribution in [0.2, 0.25) is 0 Å².